The minimum Gasteiger partial charge on any atom is -0.490 e. The highest BCUT2D eigenvalue weighted by Crippen LogP contribution is 2.29. The molecule has 0 atom stereocenters. The molecule has 0 spiro atoms. The summed E-state index contributed by atoms with van der Waals surface area (Å²) in [5.74, 6) is 0.433. The van der Waals surface area contributed by atoms with Gasteiger partial charge in [-0.1, -0.05) is 13.8 Å². The number of nitro benzene ring substituents is 1. The van der Waals surface area contributed by atoms with Crippen molar-refractivity contribution in [1.82, 2.24) is 4.72 Å². The van der Waals surface area contributed by atoms with Crippen LogP contribution in [0, 0.1) is 16.0 Å². The zero-order valence-corrected chi connectivity index (χ0v) is 14.3. The lowest BCUT2D eigenvalue weighted by Crippen LogP contribution is -2.25. The zero-order chi connectivity index (χ0) is 17.5. The predicted octanol–water partition coefficient (Wildman–Crippen LogP) is 1.94. The normalized spacial score (nSPS) is 11.7. The molecule has 130 valence electrons. The van der Waals surface area contributed by atoms with Gasteiger partial charge in [0.15, 0.2) is 5.75 Å². The van der Waals surface area contributed by atoms with E-state index in [1.54, 1.807) is 0 Å². The van der Waals surface area contributed by atoms with Crippen molar-refractivity contribution in [1.29, 1.82) is 0 Å². The molecule has 0 saturated heterocycles. The quantitative estimate of drug-likeness (QED) is 0.394. The summed E-state index contributed by atoms with van der Waals surface area (Å²) in [4.78, 5) is 10.1. The number of rotatable bonds is 10. The maximum absolute atomic E-state index is 12.1. The Balaban J connectivity index is 2.66. The third-order valence-electron chi connectivity index (χ3n) is 2.87. The SMILES string of the molecule is COc1ccc(S(=O)(=O)NCCCOCC(C)C)cc1[N+](=O)[O-]. The summed E-state index contributed by atoms with van der Waals surface area (Å²) >= 11 is 0. The molecule has 0 radical (unpaired) electrons. The summed E-state index contributed by atoms with van der Waals surface area (Å²) < 4.78 is 36.9. The standard InChI is InChI=1S/C14H22N2O6S/c1-11(2)10-22-8-4-7-15-23(19,20)12-5-6-14(21-3)13(9-12)16(17)18/h5-6,9,11,15H,4,7-8,10H2,1-3H3. The lowest BCUT2D eigenvalue weighted by molar-refractivity contribution is -0.386. The van der Waals surface area contributed by atoms with Crippen LogP contribution in [-0.4, -0.2) is 40.2 Å². The molecule has 8 nitrogen and oxygen atoms in total. The number of sulfonamides is 1. The van der Waals surface area contributed by atoms with Gasteiger partial charge in [-0.2, -0.15) is 0 Å². The van der Waals surface area contributed by atoms with Crippen molar-refractivity contribution < 1.29 is 22.8 Å². The number of hydrogen-bond donors (Lipinski definition) is 1. The number of nitro groups is 1. The molecule has 0 bridgehead atoms. The highest BCUT2D eigenvalue weighted by atomic mass is 32.2. The summed E-state index contributed by atoms with van der Waals surface area (Å²) in [7, 11) is -2.53. The Morgan fingerprint density at radius 1 is 1.35 bits per heavy atom. The average molecular weight is 346 g/mol. The van der Waals surface area contributed by atoms with Crippen LogP contribution in [0.2, 0.25) is 0 Å². The van der Waals surface area contributed by atoms with Crippen LogP contribution in [0.3, 0.4) is 0 Å². The van der Waals surface area contributed by atoms with Gasteiger partial charge in [0, 0.05) is 25.8 Å². The van der Waals surface area contributed by atoms with Crippen LogP contribution >= 0.6 is 0 Å². The van der Waals surface area contributed by atoms with Crippen LogP contribution in [0.5, 0.6) is 5.75 Å². The summed E-state index contributed by atoms with van der Waals surface area (Å²) in [5, 5.41) is 10.9. The summed E-state index contributed by atoms with van der Waals surface area (Å²) in [6.45, 7) is 5.32. The van der Waals surface area contributed by atoms with E-state index in [9.17, 15) is 18.5 Å². The second-order valence-electron chi connectivity index (χ2n) is 5.31. The molecule has 0 aliphatic heterocycles. The number of nitrogens with zero attached hydrogens (tertiary/aromatic N) is 1. The van der Waals surface area contributed by atoms with Gasteiger partial charge in [-0.15, -0.1) is 0 Å². The number of nitrogens with one attached hydrogen (secondary N) is 1. The molecular formula is C14H22N2O6S. The average Bonchev–Trinajstić information content (AvgIpc) is 2.49. The maximum Gasteiger partial charge on any atom is 0.312 e. The van der Waals surface area contributed by atoms with Crippen molar-refractivity contribution in [3.05, 3.63) is 28.3 Å². The van der Waals surface area contributed by atoms with E-state index in [1.165, 1.54) is 19.2 Å². The Morgan fingerprint density at radius 3 is 2.61 bits per heavy atom. The second kappa shape index (κ2) is 8.80. The van der Waals surface area contributed by atoms with Gasteiger partial charge in [-0.05, 0) is 24.5 Å². The first-order valence-corrected chi connectivity index (χ1v) is 8.66. The van der Waals surface area contributed by atoms with Gasteiger partial charge in [-0.3, -0.25) is 10.1 Å². The number of methoxy groups -OCH3 is 1. The molecule has 1 N–H and O–H groups in total. The third kappa shape index (κ3) is 6.12. The summed E-state index contributed by atoms with van der Waals surface area (Å²) in [6.07, 6.45) is 0.518. The molecular weight excluding hydrogens is 324 g/mol. The molecule has 9 heteroatoms. The van der Waals surface area contributed by atoms with Crippen molar-refractivity contribution in [3.63, 3.8) is 0 Å². The number of benzene rings is 1. The monoisotopic (exact) mass is 346 g/mol. The van der Waals surface area contributed by atoms with E-state index in [0.29, 0.717) is 25.6 Å². The Labute approximate surface area is 136 Å². The first kappa shape index (κ1) is 19.3. The lowest BCUT2D eigenvalue weighted by Gasteiger charge is -2.09. The number of ether oxygens (including phenoxy) is 2. The second-order valence-corrected chi connectivity index (χ2v) is 7.08. The Morgan fingerprint density at radius 2 is 2.04 bits per heavy atom. The fourth-order valence-corrected chi connectivity index (χ4v) is 2.86. The van der Waals surface area contributed by atoms with Crippen LogP contribution in [0.25, 0.3) is 0 Å². The fourth-order valence-electron chi connectivity index (χ4n) is 1.76. The topological polar surface area (TPSA) is 108 Å². The molecule has 23 heavy (non-hydrogen) atoms. The van der Waals surface area contributed by atoms with Gasteiger partial charge in [0.1, 0.15) is 0 Å². The smallest absolute Gasteiger partial charge is 0.312 e. The van der Waals surface area contributed by atoms with Crippen LogP contribution in [0.4, 0.5) is 5.69 Å². The predicted molar refractivity (Wildman–Crippen MR) is 85.1 cm³/mol. The van der Waals surface area contributed by atoms with Crippen molar-refractivity contribution in [2.45, 2.75) is 25.2 Å². The molecule has 0 unspecified atom stereocenters. The van der Waals surface area contributed by atoms with Crippen molar-refractivity contribution in [2.24, 2.45) is 5.92 Å². The van der Waals surface area contributed by atoms with E-state index in [-0.39, 0.29) is 17.2 Å². The van der Waals surface area contributed by atoms with Crippen LogP contribution in [0.15, 0.2) is 23.1 Å². The largest absolute Gasteiger partial charge is 0.490 e. The van der Waals surface area contributed by atoms with Gasteiger partial charge in [0.05, 0.1) is 16.9 Å². The van der Waals surface area contributed by atoms with Gasteiger partial charge >= 0.3 is 5.69 Å². The Bertz CT molecular complexity index is 630. The van der Waals surface area contributed by atoms with E-state index >= 15 is 0 Å². The van der Waals surface area contributed by atoms with E-state index in [1.807, 2.05) is 13.8 Å². The van der Waals surface area contributed by atoms with Gasteiger partial charge in [-0.25, -0.2) is 13.1 Å². The first-order chi connectivity index (χ1) is 10.8. The molecule has 0 amide bonds. The fraction of sp³-hybridized carbons (Fsp3) is 0.571. The van der Waals surface area contributed by atoms with Gasteiger partial charge in [0.2, 0.25) is 10.0 Å². The molecule has 0 aliphatic carbocycles. The van der Waals surface area contributed by atoms with E-state index in [0.717, 1.165) is 6.07 Å². The van der Waals surface area contributed by atoms with E-state index < -0.39 is 20.6 Å². The lowest BCUT2D eigenvalue weighted by atomic mass is 10.2. The minimum atomic E-state index is -3.81. The Kier molecular flexibility index (Phi) is 7.40. The first-order valence-electron chi connectivity index (χ1n) is 7.17. The molecule has 1 aromatic carbocycles. The molecule has 0 heterocycles. The summed E-state index contributed by atoms with van der Waals surface area (Å²) in [6, 6.07) is 3.51. The molecule has 1 rings (SSSR count). The zero-order valence-electron chi connectivity index (χ0n) is 13.4. The third-order valence-corrected chi connectivity index (χ3v) is 4.32. The van der Waals surface area contributed by atoms with E-state index in [4.69, 9.17) is 9.47 Å². The van der Waals surface area contributed by atoms with Gasteiger partial charge < -0.3 is 9.47 Å². The van der Waals surface area contributed by atoms with Crippen molar-refractivity contribution in [3.8, 4) is 5.75 Å². The molecule has 0 saturated carbocycles. The van der Waals surface area contributed by atoms with Crippen LogP contribution in [-0.2, 0) is 14.8 Å². The molecule has 0 fully saturated rings. The van der Waals surface area contributed by atoms with Crippen LogP contribution < -0.4 is 9.46 Å². The molecule has 1 aromatic rings. The van der Waals surface area contributed by atoms with Crippen LogP contribution in [0.1, 0.15) is 20.3 Å². The van der Waals surface area contributed by atoms with Gasteiger partial charge in [0.25, 0.3) is 0 Å². The molecule has 0 aliphatic rings. The highest BCUT2D eigenvalue weighted by Gasteiger charge is 2.21. The van der Waals surface area contributed by atoms with Crippen molar-refractivity contribution in [2.75, 3.05) is 26.9 Å². The summed E-state index contributed by atoms with van der Waals surface area (Å²) in [5.41, 5.74) is -0.393. The number of hydrogen-bond acceptors (Lipinski definition) is 6. The minimum absolute atomic E-state index is 0.0102. The van der Waals surface area contributed by atoms with E-state index in [2.05, 4.69) is 4.72 Å². The van der Waals surface area contributed by atoms with Crippen molar-refractivity contribution >= 4 is 15.7 Å². The highest BCUT2D eigenvalue weighted by molar-refractivity contribution is 7.89. The maximum atomic E-state index is 12.1. The molecule has 0 aromatic heterocycles. The Hall–Kier alpha value is -1.71.